The standard InChI is InChI=1S/C21H21I4NO6/c1-21(2,3)16-9(5-14(20(30)31)26-8-15(27)28)4-13(24)19(17(16)25)32-10-6-11(22)18(29)12(23)7-10/h4,6-7,14,26,29H,5,8H2,1-3H3,(H,27,28)(H,30,31). The second-order valence-corrected chi connectivity index (χ2v) is 12.6. The Morgan fingerprint density at radius 2 is 1.59 bits per heavy atom. The minimum atomic E-state index is -1.11. The summed E-state index contributed by atoms with van der Waals surface area (Å²) in [5, 5.41) is 31.2. The molecule has 0 saturated carbocycles. The molecule has 32 heavy (non-hydrogen) atoms. The average Bonchev–Trinajstić information content (AvgIpc) is 2.64. The molecule has 0 heterocycles. The molecule has 0 aliphatic rings. The first-order chi connectivity index (χ1) is 14.7. The van der Waals surface area contributed by atoms with Crippen molar-refractivity contribution in [2.45, 2.75) is 38.6 Å². The van der Waals surface area contributed by atoms with E-state index >= 15 is 0 Å². The Bertz CT molecular complexity index is 1030. The number of benzene rings is 2. The summed E-state index contributed by atoms with van der Waals surface area (Å²) in [7, 11) is 0. The van der Waals surface area contributed by atoms with E-state index in [-0.39, 0.29) is 17.6 Å². The van der Waals surface area contributed by atoms with Gasteiger partial charge in [-0.25, -0.2) is 0 Å². The highest BCUT2D eigenvalue weighted by Crippen LogP contribution is 2.42. The van der Waals surface area contributed by atoms with Crippen molar-refractivity contribution < 1.29 is 29.6 Å². The summed E-state index contributed by atoms with van der Waals surface area (Å²) < 4.78 is 9.25. The molecule has 0 spiro atoms. The van der Waals surface area contributed by atoms with Crippen molar-refractivity contribution in [2.24, 2.45) is 0 Å². The summed E-state index contributed by atoms with van der Waals surface area (Å²) in [5.41, 5.74) is 1.45. The molecule has 0 aliphatic carbocycles. The van der Waals surface area contributed by atoms with Crippen molar-refractivity contribution in [3.63, 3.8) is 0 Å². The minimum Gasteiger partial charge on any atom is -0.506 e. The molecule has 0 saturated heterocycles. The Morgan fingerprint density at radius 3 is 2.06 bits per heavy atom. The van der Waals surface area contributed by atoms with E-state index in [4.69, 9.17) is 9.84 Å². The van der Waals surface area contributed by atoms with Crippen LogP contribution in [-0.2, 0) is 21.4 Å². The third-order valence-corrected chi connectivity index (χ3v) is 7.92. The van der Waals surface area contributed by atoms with Gasteiger partial charge in [0.25, 0.3) is 0 Å². The molecule has 0 aromatic heterocycles. The lowest BCUT2D eigenvalue weighted by Gasteiger charge is -2.28. The summed E-state index contributed by atoms with van der Waals surface area (Å²) in [6.45, 7) is 5.68. The van der Waals surface area contributed by atoms with E-state index in [0.717, 1.165) is 18.3 Å². The normalized spacial score (nSPS) is 12.5. The predicted molar refractivity (Wildman–Crippen MR) is 155 cm³/mol. The number of phenols is 1. The van der Waals surface area contributed by atoms with Crippen LogP contribution < -0.4 is 10.1 Å². The molecule has 7 nitrogen and oxygen atoms in total. The van der Waals surface area contributed by atoms with E-state index < -0.39 is 24.5 Å². The van der Waals surface area contributed by atoms with Gasteiger partial charge >= 0.3 is 11.9 Å². The van der Waals surface area contributed by atoms with Gasteiger partial charge < -0.3 is 20.1 Å². The zero-order valence-electron chi connectivity index (χ0n) is 17.3. The third-order valence-electron chi connectivity index (χ3n) is 4.44. The van der Waals surface area contributed by atoms with E-state index in [9.17, 15) is 19.8 Å². The molecule has 0 aliphatic heterocycles. The molecule has 0 fully saturated rings. The molecule has 1 unspecified atom stereocenters. The number of phenolic OH excluding ortho intramolecular Hbond substituents is 1. The van der Waals surface area contributed by atoms with E-state index in [1.165, 1.54) is 0 Å². The van der Waals surface area contributed by atoms with Crippen LogP contribution in [0.25, 0.3) is 0 Å². The van der Waals surface area contributed by atoms with Crippen LogP contribution in [0.4, 0.5) is 0 Å². The van der Waals surface area contributed by atoms with Crippen molar-refractivity contribution in [1.29, 1.82) is 0 Å². The summed E-state index contributed by atoms with van der Waals surface area (Å²) in [6, 6.07) is 4.37. The first kappa shape index (κ1) is 28.1. The zero-order valence-corrected chi connectivity index (χ0v) is 25.9. The number of nitrogens with one attached hydrogen (secondary N) is 1. The molecule has 2 aromatic rings. The number of hydrogen-bond acceptors (Lipinski definition) is 5. The first-order valence-corrected chi connectivity index (χ1v) is 13.6. The van der Waals surface area contributed by atoms with Crippen molar-refractivity contribution in [1.82, 2.24) is 5.32 Å². The number of aliphatic carboxylic acids is 2. The summed E-state index contributed by atoms with van der Waals surface area (Å²) >= 11 is 8.48. The number of halogens is 4. The smallest absolute Gasteiger partial charge is 0.321 e. The molecule has 0 radical (unpaired) electrons. The predicted octanol–water partition coefficient (Wildman–Crippen LogP) is 5.57. The molecule has 11 heteroatoms. The molecule has 1 atom stereocenters. The van der Waals surface area contributed by atoms with E-state index in [2.05, 4.69) is 50.5 Å². The van der Waals surface area contributed by atoms with Crippen LogP contribution in [0.1, 0.15) is 31.9 Å². The molecular weight excluding hydrogens is 870 g/mol. The van der Waals surface area contributed by atoms with Gasteiger partial charge in [0.05, 0.1) is 20.8 Å². The number of ether oxygens (including phenoxy) is 1. The Balaban J connectivity index is 2.55. The lowest BCUT2D eigenvalue weighted by Crippen LogP contribution is -2.41. The summed E-state index contributed by atoms with van der Waals surface area (Å²) in [4.78, 5) is 22.7. The van der Waals surface area contributed by atoms with Gasteiger partial charge in [0.15, 0.2) is 5.75 Å². The zero-order chi connectivity index (χ0) is 24.4. The summed E-state index contributed by atoms with van der Waals surface area (Å²) in [5.74, 6) is -0.764. The van der Waals surface area contributed by atoms with Crippen molar-refractivity contribution >= 4 is 102 Å². The lowest BCUT2D eigenvalue weighted by molar-refractivity contribution is -0.140. The van der Waals surface area contributed by atoms with Crippen molar-refractivity contribution in [3.05, 3.63) is 43.6 Å². The second-order valence-electron chi connectivity index (χ2n) is 7.99. The van der Waals surface area contributed by atoms with E-state index in [1.54, 1.807) is 12.1 Å². The largest absolute Gasteiger partial charge is 0.506 e. The Hall–Kier alpha value is -0.140. The van der Waals surface area contributed by atoms with Crippen molar-refractivity contribution in [2.75, 3.05) is 6.54 Å². The number of rotatable bonds is 8. The van der Waals surface area contributed by atoms with E-state index in [0.29, 0.717) is 18.6 Å². The van der Waals surface area contributed by atoms with Gasteiger partial charge in [0, 0.05) is 0 Å². The number of aromatic hydroxyl groups is 1. The highest BCUT2D eigenvalue weighted by molar-refractivity contribution is 14.1. The SMILES string of the molecule is CC(C)(C)c1c(CC(NCC(=O)O)C(=O)O)cc(I)c(Oc2cc(I)c(O)c(I)c2)c1I. The molecule has 4 N–H and O–H groups in total. The fourth-order valence-corrected chi connectivity index (χ4v) is 7.65. The minimum absolute atomic E-state index is 0.135. The van der Waals surface area contributed by atoms with Crippen LogP contribution in [0.3, 0.4) is 0 Å². The van der Waals surface area contributed by atoms with Crippen molar-refractivity contribution in [3.8, 4) is 17.2 Å². The van der Waals surface area contributed by atoms with Crippen LogP contribution >= 0.6 is 90.4 Å². The first-order valence-electron chi connectivity index (χ1n) is 9.27. The highest BCUT2D eigenvalue weighted by Gasteiger charge is 2.29. The number of carboxylic acids is 2. The van der Waals surface area contributed by atoms with Gasteiger partial charge in [0.1, 0.15) is 17.5 Å². The molecule has 0 amide bonds. The van der Waals surface area contributed by atoms with Gasteiger partial charge in [-0.1, -0.05) is 20.8 Å². The molecule has 174 valence electrons. The molecule has 2 rings (SSSR count). The maximum atomic E-state index is 11.7. The van der Waals surface area contributed by atoms with Gasteiger partial charge in [0.2, 0.25) is 0 Å². The van der Waals surface area contributed by atoms with Crippen LogP contribution in [0, 0.1) is 14.3 Å². The number of hydrogen-bond donors (Lipinski definition) is 4. The molecule has 2 aromatic carbocycles. The summed E-state index contributed by atoms with van der Waals surface area (Å²) in [6.07, 6.45) is 0.135. The monoisotopic (exact) mass is 891 g/mol. The van der Waals surface area contributed by atoms with Gasteiger partial charge in [-0.05, 0) is 132 Å². The second kappa shape index (κ2) is 11.5. The number of carbonyl (C=O) groups is 2. The molecule has 0 bridgehead atoms. The Morgan fingerprint density at radius 1 is 1.03 bits per heavy atom. The van der Waals surface area contributed by atoms with Crippen LogP contribution in [-0.4, -0.2) is 39.8 Å². The number of carboxylic acid groups (broad SMARTS) is 2. The maximum Gasteiger partial charge on any atom is 0.321 e. The Kier molecular flexibility index (Phi) is 10.1. The fraction of sp³-hybridized carbons (Fsp3) is 0.333. The lowest BCUT2D eigenvalue weighted by atomic mass is 9.82. The van der Waals surface area contributed by atoms with Gasteiger partial charge in [-0.3, -0.25) is 14.9 Å². The average molecular weight is 891 g/mol. The van der Waals surface area contributed by atoms with Gasteiger partial charge in [-0.2, -0.15) is 0 Å². The van der Waals surface area contributed by atoms with Gasteiger partial charge in [-0.15, -0.1) is 0 Å². The van der Waals surface area contributed by atoms with E-state index in [1.807, 2.05) is 72.0 Å². The quantitative estimate of drug-likeness (QED) is 0.257. The van der Waals surface area contributed by atoms with Crippen LogP contribution in [0.2, 0.25) is 0 Å². The fourth-order valence-electron chi connectivity index (χ4n) is 3.11. The molecular formula is C21H21I4NO6. The topological polar surface area (TPSA) is 116 Å². The maximum absolute atomic E-state index is 11.7. The van der Waals surface area contributed by atoms with Crippen LogP contribution in [0.15, 0.2) is 18.2 Å². The van der Waals surface area contributed by atoms with Crippen LogP contribution in [0.5, 0.6) is 17.2 Å². The Labute approximate surface area is 240 Å². The third kappa shape index (κ3) is 7.18. The highest BCUT2D eigenvalue weighted by atomic mass is 127.